The van der Waals surface area contributed by atoms with Crippen molar-refractivity contribution in [3.63, 3.8) is 0 Å². The number of phosphoric ester groups is 2. The van der Waals surface area contributed by atoms with E-state index in [0.29, 0.717) is 25.7 Å². The molecule has 94 heavy (non-hydrogen) atoms. The smallest absolute Gasteiger partial charge is 0.462 e. The van der Waals surface area contributed by atoms with Crippen molar-refractivity contribution in [1.82, 2.24) is 0 Å². The Kier molecular flexibility index (Phi) is 66.8. The van der Waals surface area contributed by atoms with Gasteiger partial charge in [-0.05, 0) is 31.6 Å². The Labute approximate surface area is 575 Å². The molecule has 0 spiro atoms. The van der Waals surface area contributed by atoms with Crippen molar-refractivity contribution < 1.29 is 80.2 Å². The molecule has 0 aliphatic rings. The van der Waals surface area contributed by atoms with Gasteiger partial charge in [0.2, 0.25) is 0 Å². The van der Waals surface area contributed by atoms with Gasteiger partial charge in [0, 0.05) is 25.7 Å². The molecule has 558 valence electrons. The zero-order valence-corrected chi connectivity index (χ0v) is 62.9. The summed E-state index contributed by atoms with van der Waals surface area (Å²) in [6.07, 6.45) is 56.9. The van der Waals surface area contributed by atoms with E-state index in [1.807, 2.05) is 0 Å². The third-order valence-corrected chi connectivity index (χ3v) is 19.4. The number of phosphoric acid groups is 2. The fraction of sp³-hybridized carbons (Fsp3) is 0.947. The molecular weight excluding hydrogens is 1230 g/mol. The molecule has 0 aromatic carbocycles. The van der Waals surface area contributed by atoms with Gasteiger partial charge in [-0.1, -0.05) is 343 Å². The van der Waals surface area contributed by atoms with Crippen LogP contribution in [0.5, 0.6) is 0 Å². The van der Waals surface area contributed by atoms with Crippen molar-refractivity contribution in [3.05, 3.63) is 0 Å². The van der Waals surface area contributed by atoms with E-state index in [0.717, 1.165) is 109 Å². The number of aliphatic hydroxyl groups is 1. The zero-order chi connectivity index (χ0) is 69.1. The van der Waals surface area contributed by atoms with Crippen LogP contribution in [0.4, 0.5) is 0 Å². The first-order valence-corrected chi connectivity index (χ1v) is 42.1. The van der Waals surface area contributed by atoms with Crippen molar-refractivity contribution in [3.8, 4) is 0 Å². The second-order valence-electron chi connectivity index (χ2n) is 27.5. The van der Waals surface area contributed by atoms with Gasteiger partial charge >= 0.3 is 39.5 Å². The maximum Gasteiger partial charge on any atom is 0.472 e. The molecule has 19 heteroatoms. The number of hydrogen-bond acceptors (Lipinski definition) is 15. The molecule has 0 saturated carbocycles. The van der Waals surface area contributed by atoms with Crippen LogP contribution in [0.1, 0.15) is 394 Å². The highest BCUT2D eigenvalue weighted by molar-refractivity contribution is 7.47. The van der Waals surface area contributed by atoms with Gasteiger partial charge in [-0.3, -0.25) is 37.3 Å². The molecule has 17 nitrogen and oxygen atoms in total. The minimum absolute atomic E-state index is 0.108. The Hall–Kier alpha value is -1.94. The van der Waals surface area contributed by atoms with E-state index < -0.39 is 97.5 Å². The van der Waals surface area contributed by atoms with E-state index in [1.165, 1.54) is 205 Å². The summed E-state index contributed by atoms with van der Waals surface area (Å²) in [6, 6.07) is 0. The number of rotatable bonds is 75. The second-order valence-corrected chi connectivity index (χ2v) is 30.4. The van der Waals surface area contributed by atoms with Crippen LogP contribution in [-0.2, 0) is 65.4 Å². The van der Waals surface area contributed by atoms with Crippen molar-refractivity contribution in [1.29, 1.82) is 0 Å². The third kappa shape index (κ3) is 68.6. The summed E-state index contributed by atoms with van der Waals surface area (Å²) in [4.78, 5) is 72.6. The van der Waals surface area contributed by atoms with Gasteiger partial charge in [-0.2, -0.15) is 0 Å². The standard InChI is InChI=1S/C75H146O17P2/c1-6-9-12-15-18-20-22-24-25-26-27-28-32-37-41-46-51-56-61-75(80)92-71(65-86-73(78)59-54-49-44-39-35-33-29-31-34-38-43-47-52-57-68(4)5)67-90-94(83,84)88-63-69(76)62-87-93(81,82)89-66-70(64-85-72(77)58-53-48-42-17-14-11-8-3)91-74(79)60-55-50-45-40-36-30-23-21-19-16-13-10-7-2/h68-71,76H,6-67H2,1-5H3,(H,81,82)(H,83,84)/t69-,70+,71+/m0/s1. The average molecular weight is 1380 g/mol. The molecule has 0 aliphatic carbocycles. The normalized spacial score (nSPS) is 14.0. The highest BCUT2D eigenvalue weighted by Gasteiger charge is 2.30. The Bertz CT molecular complexity index is 1810. The molecule has 2 unspecified atom stereocenters. The quantitative estimate of drug-likeness (QED) is 0.0222. The molecule has 0 aromatic heterocycles. The predicted molar refractivity (Wildman–Crippen MR) is 382 cm³/mol. The SMILES string of the molecule is CCCCCCCCCCCCCCCCCCCCC(=O)O[C@H](COC(=O)CCCCCCCCCCCCCCCC(C)C)COP(=O)(O)OC[C@@H](O)COP(=O)(O)OC[C@@H](COC(=O)CCCCCCCCC)OC(=O)CCCCCCCCCCCCCCC. The van der Waals surface area contributed by atoms with Gasteiger partial charge in [0.15, 0.2) is 12.2 Å². The number of hydrogen-bond donors (Lipinski definition) is 3. The van der Waals surface area contributed by atoms with E-state index in [1.54, 1.807) is 0 Å². The second kappa shape index (κ2) is 68.2. The highest BCUT2D eigenvalue weighted by atomic mass is 31.2. The van der Waals surface area contributed by atoms with E-state index in [2.05, 4.69) is 34.6 Å². The summed E-state index contributed by atoms with van der Waals surface area (Å²) in [7, 11) is -9.90. The van der Waals surface area contributed by atoms with Gasteiger partial charge < -0.3 is 33.8 Å². The molecule has 0 amide bonds. The highest BCUT2D eigenvalue weighted by Crippen LogP contribution is 2.45. The Morgan fingerprint density at radius 1 is 0.287 bits per heavy atom. The lowest BCUT2D eigenvalue weighted by Gasteiger charge is -2.21. The maximum absolute atomic E-state index is 13.1. The van der Waals surface area contributed by atoms with Crippen molar-refractivity contribution in [2.75, 3.05) is 39.6 Å². The van der Waals surface area contributed by atoms with Gasteiger partial charge in [0.05, 0.1) is 26.4 Å². The summed E-state index contributed by atoms with van der Waals surface area (Å²) in [5, 5.41) is 10.6. The van der Waals surface area contributed by atoms with Crippen LogP contribution in [0, 0.1) is 5.92 Å². The van der Waals surface area contributed by atoms with Gasteiger partial charge in [-0.15, -0.1) is 0 Å². The Morgan fingerprint density at radius 3 is 0.723 bits per heavy atom. The number of carbonyl (C=O) groups is 4. The molecule has 5 atom stereocenters. The third-order valence-electron chi connectivity index (χ3n) is 17.5. The average Bonchev–Trinajstić information content (AvgIpc) is 1.43. The summed E-state index contributed by atoms with van der Waals surface area (Å²) in [5.74, 6) is -1.33. The summed E-state index contributed by atoms with van der Waals surface area (Å²) >= 11 is 0. The Balaban J connectivity index is 5.19. The number of ether oxygens (including phenoxy) is 4. The van der Waals surface area contributed by atoms with Crippen LogP contribution in [0.3, 0.4) is 0 Å². The largest absolute Gasteiger partial charge is 0.472 e. The first-order chi connectivity index (χ1) is 45.5. The molecule has 0 aliphatic heterocycles. The number of carbonyl (C=O) groups excluding carboxylic acids is 4. The van der Waals surface area contributed by atoms with Crippen LogP contribution in [0.25, 0.3) is 0 Å². The van der Waals surface area contributed by atoms with Crippen LogP contribution in [0.15, 0.2) is 0 Å². The molecule has 0 fully saturated rings. The van der Waals surface area contributed by atoms with Gasteiger partial charge in [0.25, 0.3) is 0 Å². The molecule has 0 rings (SSSR count). The topological polar surface area (TPSA) is 237 Å². The zero-order valence-electron chi connectivity index (χ0n) is 61.1. The molecule has 0 radical (unpaired) electrons. The number of esters is 4. The van der Waals surface area contributed by atoms with E-state index in [-0.39, 0.29) is 25.7 Å². The summed E-state index contributed by atoms with van der Waals surface area (Å²) in [5.41, 5.74) is 0. The molecule has 3 N–H and O–H groups in total. The molecule has 0 bridgehead atoms. The number of unbranched alkanes of at least 4 members (excludes halogenated alkanes) is 47. The molecular formula is C75H146O17P2. The minimum atomic E-state index is -4.96. The first kappa shape index (κ1) is 92.1. The predicted octanol–water partition coefficient (Wildman–Crippen LogP) is 22.1. The summed E-state index contributed by atoms with van der Waals surface area (Å²) in [6.45, 7) is 7.27. The molecule has 0 saturated heterocycles. The van der Waals surface area contributed by atoms with Crippen molar-refractivity contribution in [2.24, 2.45) is 5.92 Å². The summed E-state index contributed by atoms with van der Waals surface area (Å²) < 4.78 is 68.4. The van der Waals surface area contributed by atoms with E-state index >= 15 is 0 Å². The van der Waals surface area contributed by atoms with E-state index in [9.17, 15) is 43.2 Å². The fourth-order valence-corrected chi connectivity index (χ4v) is 13.1. The molecule has 0 heterocycles. The van der Waals surface area contributed by atoms with Crippen LogP contribution >= 0.6 is 15.6 Å². The van der Waals surface area contributed by atoms with Gasteiger partial charge in [-0.25, -0.2) is 9.13 Å². The van der Waals surface area contributed by atoms with Crippen LogP contribution in [0.2, 0.25) is 0 Å². The van der Waals surface area contributed by atoms with Crippen LogP contribution in [-0.4, -0.2) is 96.7 Å². The van der Waals surface area contributed by atoms with Crippen molar-refractivity contribution >= 4 is 39.5 Å². The lowest BCUT2D eigenvalue weighted by atomic mass is 10.0. The maximum atomic E-state index is 13.1. The first-order valence-electron chi connectivity index (χ1n) is 39.1. The Morgan fingerprint density at radius 2 is 0.489 bits per heavy atom. The molecule has 0 aromatic rings. The number of aliphatic hydroxyl groups excluding tert-OH is 1. The lowest BCUT2D eigenvalue weighted by Crippen LogP contribution is -2.30. The minimum Gasteiger partial charge on any atom is -0.462 e. The monoisotopic (exact) mass is 1380 g/mol. The fourth-order valence-electron chi connectivity index (χ4n) is 11.5. The van der Waals surface area contributed by atoms with Gasteiger partial charge in [0.1, 0.15) is 19.3 Å². The lowest BCUT2D eigenvalue weighted by molar-refractivity contribution is -0.161. The van der Waals surface area contributed by atoms with E-state index in [4.69, 9.17) is 37.0 Å². The van der Waals surface area contributed by atoms with Crippen LogP contribution < -0.4 is 0 Å². The van der Waals surface area contributed by atoms with Crippen molar-refractivity contribution in [2.45, 2.75) is 412 Å².